The molecule has 27 heavy (non-hydrogen) atoms. The zero-order chi connectivity index (χ0) is 19.3. The molecule has 4 heterocycles. The van der Waals surface area contributed by atoms with Crippen molar-refractivity contribution in [3.8, 4) is 0 Å². The molecule has 0 aliphatic carbocycles. The maximum absolute atomic E-state index is 12.9. The van der Waals surface area contributed by atoms with E-state index in [1.807, 2.05) is 31.5 Å². The van der Waals surface area contributed by atoms with Crippen molar-refractivity contribution in [1.29, 1.82) is 0 Å². The van der Waals surface area contributed by atoms with Crippen LogP contribution in [0.25, 0.3) is 21.3 Å². The Morgan fingerprint density at radius 2 is 1.96 bits per heavy atom. The molecule has 4 rings (SSSR count). The highest BCUT2D eigenvalue weighted by Gasteiger charge is 2.19. The molecule has 0 atom stereocenters. The molecule has 0 aliphatic heterocycles. The van der Waals surface area contributed by atoms with E-state index in [9.17, 15) is 4.79 Å². The number of pyridine rings is 1. The van der Waals surface area contributed by atoms with Crippen LogP contribution in [-0.4, -0.2) is 30.6 Å². The normalized spacial score (nSPS) is 11.6. The molecular weight excluding hydrogens is 360 g/mol. The van der Waals surface area contributed by atoms with Crippen LogP contribution in [0.1, 0.15) is 46.6 Å². The van der Waals surface area contributed by atoms with Crippen LogP contribution in [0.4, 0.5) is 5.69 Å². The molecule has 0 aliphatic rings. The first kappa shape index (κ1) is 17.5. The number of nitrogens with zero attached hydrogens (tertiary/aromatic N) is 5. The molecule has 0 bridgehead atoms. The van der Waals surface area contributed by atoms with Crippen molar-refractivity contribution in [3.63, 3.8) is 0 Å². The fraction of sp³-hybridized carbons (Fsp3) is 0.316. The molecule has 0 aromatic carbocycles. The van der Waals surface area contributed by atoms with E-state index in [1.54, 1.807) is 12.4 Å². The predicted molar refractivity (Wildman–Crippen MR) is 107 cm³/mol. The quantitative estimate of drug-likeness (QED) is 0.576. The van der Waals surface area contributed by atoms with Crippen LogP contribution in [-0.2, 0) is 0 Å². The second kappa shape index (κ2) is 6.38. The number of rotatable bonds is 3. The Labute approximate surface area is 160 Å². The zero-order valence-electron chi connectivity index (χ0n) is 15.9. The summed E-state index contributed by atoms with van der Waals surface area (Å²) in [5, 5.41) is 9.17. The number of anilines is 1. The molecule has 8 heteroatoms. The van der Waals surface area contributed by atoms with Gasteiger partial charge in [-0.15, -0.1) is 11.3 Å². The summed E-state index contributed by atoms with van der Waals surface area (Å²) in [7, 11) is 0. The molecule has 7 nitrogen and oxygen atoms in total. The van der Waals surface area contributed by atoms with Crippen molar-refractivity contribution in [3.05, 3.63) is 40.4 Å². The monoisotopic (exact) mass is 380 g/mol. The molecule has 0 fully saturated rings. The predicted octanol–water partition coefficient (Wildman–Crippen LogP) is 4.19. The van der Waals surface area contributed by atoms with Gasteiger partial charge in [-0.3, -0.25) is 4.79 Å². The van der Waals surface area contributed by atoms with Crippen molar-refractivity contribution in [2.45, 2.75) is 40.7 Å². The Bertz CT molecular complexity index is 1190. The van der Waals surface area contributed by atoms with E-state index in [0.717, 1.165) is 32.5 Å². The molecule has 0 spiro atoms. The molecule has 1 amide bonds. The number of aryl methyl sites for hydroxylation is 3. The van der Waals surface area contributed by atoms with Gasteiger partial charge in [-0.1, -0.05) is 0 Å². The van der Waals surface area contributed by atoms with E-state index in [0.29, 0.717) is 16.4 Å². The Morgan fingerprint density at radius 3 is 2.70 bits per heavy atom. The number of nitrogens with one attached hydrogen (secondary N) is 1. The first-order valence-corrected chi connectivity index (χ1v) is 9.55. The number of aromatic nitrogens is 5. The highest BCUT2D eigenvalue weighted by Crippen LogP contribution is 2.32. The third-order valence-corrected chi connectivity index (χ3v) is 5.65. The van der Waals surface area contributed by atoms with Crippen molar-refractivity contribution in [1.82, 2.24) is 24.7 Å². The highest BCUT2D eigenvalue weighted by molar-refractivity contribution is 7.20. The van der Waals surface area contributed by atoms with Gasteiger partial charge in [0, 0.05) is 22.5 Å². The average Bonchev–Trinajstić information content (AvgIpc) is 3.15. The SMILES string of the molecule is Cc1nc(C)c2c(C)c(C(=O)Nc3cnc4c(cnn4C(C)C)c3)sc2n1. The Balaban J connectivity index is 1.68. The second-order valence-corrected chi connectivity index (χ2v) is 7.87. The summed E-state index contributed by atoms with van der Waals surface area (Å²) in [5.41, 5.74) is 3.26. The van der Waals surface area contributed by atoms with Crippen molar-refractivity contribution in [2.75, 3.05) is 5.32 Å². The number of fused-ring (bicyclic) bond motifs is 2. The fourth-order valence-corrected chi connectivity index (χ4v) is 4.44. The van der Waals surface area contributed by atoms with Crippen LogP contribution in [0, 0.1) is 20.8 Å². The van der Waals surface area contributed by atoms with Crippen LogP contribution in [0.5, 0.6) is 0 Å². The van der Waals surface area contributed by atoms with E-state index < -0.39 is 0 Å². The van der Waals surface area contributed by atoms with Crippen LogP contribution < -0.4 is 5.32 Å². The van der Waals surface area contributed by atoms with Crippen LogP contribution in [0.15, 0.2) is 18.5 Å². The summed E-state index contributed by atoms with van der Waals surface area (Å²) in [6, 6.07) is 2.12. The van der Waals surface area contributed by atoms with E-state index in [4.69, 9.17) is 0 Å². The van der Waals surface area contributed by atoms with Gasteiger partial charge in [0.25, 0.3) is 5.91 Å². The highest BCUT2D eigenvalue weighted by atomic mass is 32.1. The van der Waals surface area contributed by atoms with Crippen molar-refractivity contribution in [2.24, 2.45) is 0 Å². The van der Waals surface area contributed by atoms with Gasteiger partial charge in [0.2, 0.25) is 0 Å². The number of carbonyl (C=O) groups excluding carboxylic acids is 1. The molecule has 4 aromatic rings. The number of carbonyl (C=O) groups is 1. The van der Waals surface area contributed by atoms with Crippen LogP contribution >= 0.6 is 11.3 Å². The Kier molecular flexibility index (Phi) is 4.15. The lowest BCUT2D eigenvalue weighted by molar-refractivity contribution is 0.103. The summed E-state index contributed by atoms with van der Waals surface area (Å²) < 4.78 is 1.86. The number of thiophene rings is 1. The molecule has 4 aromatic heterocycles. The van der Waals surface area contributed by atoms with Crippen molar-refractivity contribution >= 4 is 44.2 Å². The lowest BCUT2D eigenvalue weighted by Crippen LogP contribution is -2.11. The molecule has 1 N–H and O–H groups in total. The minimum Gasteiger partial charge on any atom is -0.320 e. The van der Waals surface area contributed by atoms with E-state index in [1.165, 1.54) is 11.3 Å². The van der Waals surface area contributed by atoms with Gasteiger partial charge in [-0.25, -0.2) is 19.6 Å². The van der Waals surface area contributed by atoms with Gasteiger partial charge in [0.15, 0.2) is 5.65 Å². The average molecular weight is 380 g/mol. The zero-order valence-corrected chi connectivity index (χ0v) is 16.7. The smallest absolute Gasteiger partial charge is 0.266 e. The van der Waals surface area contributed by atoms with Crippen LogP contribution in [0.2, 0.25) is 0 Å². The largest absolute Gasteiger partial charge is 0.320 e. The molecular formula is C19H20N6OS. The van der Waals surface area contributed by atoms with Gasteiger partial charge in [-0.05, 0) is 46.2 Å². The molecule has 0 radical (unpaired) electrons. The number of hydrogen-bond donors (Lipinski definition) is 1. The van der Waals surface area contributed by atoms with Crippen LogP contribution in [0.3, 0.4) is 0 Å². The topological polar surface area (TPSA) is 85.6 Å². The molecule has 0 unspecified atom stereocenters. The third-order valence-electron chi connectivity index (χ3n) is 4.47. The minimum atomic E-state index is -0.162. The van der Waals surface area contributed by atoms with Gasteiger partial charge in [0.1, 0.15) is 10.7 Å². The van der Waals surface area contributed by atoms with E-state index in [2.05, 4.69) is 39.2 Å². The number of hydrogen-bond acceptors (Lipinski definition) is 6. The van der Waals surface area contributed by atoms with E-state index >= 15 is 0 Å². The summed E-state index contributed by atoms with van der Waals surface area (Å²) in [4.78, 5) is 27.7. The first-order chi connectivity index (χ1) is 12.8. The van der Waals surface area contributed by atoms with Crippen molar-refractivity contribution < 1.29 is 4.79 Å². The first-order valence-electron chi connectivity index (χ1n) is 8.74. The number of amides is 1. The third kappa shape index (κ3) is 2.95. The lowest BCUT2D eigenvalue weighted by Gasteiger charge is -2.07. The summed E-state index contributed by atoms with van der Waals surface area (Å²) in [5.74, 6) is 0.551. The van der Waals surface area contributed by atoms with Gasteiger partial charge in [-0.2, -0.15) is 5.10 Å². The summed E-state index contributed by atoms with van der Waals surface area (Å²) in [6.07, 6.45) is 3.43. The van der Waals surface area contributed by atoms with Gasteiger partial charge in [0.05, 0.1) is 23.0 Å². The van der Waals surface area contributed by atoms with E-state index in [-0.39, 0.29) is 11.9 Å². The van der Waals surface area contributed by atoms with Gasteiger partial charge >= 0.3 is 0 Å². The fourth-order valence-electron chi connectivity index (χ4n) is 3.26. The molecule has 0 saturated carbocycles. The summed E-state index contributed by atoms with van der Waals surface area (Å²) >= 11 is 1.39. The molecule has 138 valence electrons. The van der Waals surface area contributed by atoms with Gasteiger partial charge < -0.3 is 5.32 Å². The Morgan fingerprint density at radius 1 is 1.19 bits per heavy atom. The maximum atomic E-state index is 12.9. The lowest BCUT2D eigenvalue weighted by atomic mass is 10.1. The summed E-state index contributed by atoms with van der Waals surface area (Å²) in [6.45, 7) is 9.86. The second-order valence-electron chi connectivity index (χ2n) is 6.87. The maximum Gasteiger partial charge on any atom is 0.266 e. The minimum absolute atomic E-state index is 0.162. The standard InChI is InChI=1S/C19H20N6OS/c1-9(2)25-17-13(7-21-25)6-14(8-20-17)24-18(26)16-10(3)15-11(4)22-12(5)23-19(15)27-16/h6-9H,1-5H3,(H,24,26). The molecule has 0 saturated heterocycles. The Hall–Kier alpha value is -2.87.